The van der Waals surface area contributed by atoms with E-state index in [9.17, 15) is 4.79 Å². The Labute approximate surface area is 118 Å². The number of carbonyl (C=O) groups excluding carboxylic acids is 1. The summed E-state index contributed by atoms with van der Waals surface area (Å²) < 4.78 is 0. The van der Waals surface area contributed by atoms with Crippen LogP contribution in [-0.2, 0) is 0 Å². The van der Waals surface area contributed by atoms with Gasteiger partial charge in [-0.05, 0) is 37.8 Å². The summed E-state index contributed by atoms with van der Waals surface area (Å²) in [6, 6.07) is 2.65. The molecule has 2 N–H and O–H groups in total. The van der Waals surface area contributed by atoms with Crippen molar-refractivity contribution in [2.24, 2.45) is 0 Å². The molecule has 5 heteroatoms. The summed E-state index contributed by atoms with van der Waals surface area (Å²) in [5, 5.41) is 1.89. The number of nitrogens with two attached hydrogens (primary N) is 1. The summed E-state index contributed by atoms with van der Waals surface area (Å²) in [5.74, 6) is 0.116. The molecule has 0 spiro atoms. The molecule has 2 fully saturated rings. The fourth-order valence-electron chi connectivity index (χ4n) is 3.26. The number of hydrogen-bond acceptors (Lipinski definition) is 4. The van der Waals surface area contributed by atoms with Crippen molar-refractivity contribution >= 4 is 22.9 Å². The number of nitrogens with zero attached hydrogens (tertiary/aromatic N) is 2. The minimum absolute atomic E-state index is 0.116. The van der Waals surface area contributed by atoms with Crippen molar-refractivity contribution < 1.29 is 4.79 Å². The summed E-state index contributed by atoms with van der Waals surface area (Å²) in [4.78, 5) is 17.9. The lowest BCUT2D eigenvalue weighted by atomic mass is 9.97. The van der Waals surface area contributed by atoms with E-state index < -0.39 is 0 Å². The van der Waals surface area contributed by atoms with E-state index in [4.69, 9.17) is 5.73 Å². The number of piperazine rings is 1. The van der Waals surface area contributed by atoms with E-state index in [2.05, 4.69) is 11.8 Å². The van der Waals surface area contributed by atoms with Crippen molar-refractivity contribution in [1.29, 1.82) is 0 Å². The normalized spacial score (nSPS) is 28.2. The molecule has 2 unspecified atom stereocenters. The molecule has 2 atom stereocenters. The highest BCUT2D eigenvalue weighted by molar-refractivity contribution is 7.12. The molecule has 4 nitrogen and oxygen atoms in total. The number of amides is 1. The molecule has 0 radical (unpaired) electrons. The minimum atomic E-state index is 0.116. The number of nitrogen functional groups attached to an aromatic ring is 1. The third kappa shape index (κ3) is 2.37. The fourth-order valence-corrected chi connectivity index (χ4v) is 4.03. The van der Waals surface area contributed by atoms with E-state index in [-0.39, 0.29) is 11.9 Å². The van der Waals surface area contributed by atoms with Gasteiger partial charge >= 0.3 is 0 Å². The number of fused-ring (bicyclic) bond motifs is 1. The smallest absolute Gasteiger partial charge is 0.266 e. The van der Waals surface area contributed by atoms with Crippen LogP contribution >= 0.6 is 11.3 Å². The van der Waals surface area contributed by atoms with Gasteiger partial charge < -0.3 is 10.6 Å². The number of anilines is 1. The Balaban J connectivity index is 1.77. The van der Waals surface area contributed by atoms with Crippen LogP contribution in [0, 0.1) is 0 Å². The van der Waals surface area contributed by atoms with Crippen LogP contribution in [0.4, 0.5) is 5.69 Å². The first kappa shape index (κ1) is 12.9. The molecule has 1 aromatic heterocycles. The summed E-state index contributed by atoms with van der Waals surface area (Å²) >= 11 is 1.45. The van der Waals surface area contributed by atoms with E-state index >= 15 is 0 Å². The van der Waals surface area contributed by atoms with Crippen LogP contribution in [0.1, 0.15) is 35.9 Å². The number of carbonyl (C=O) groups is 1. The van der Waals surface area contributed by atoms with Crippen molar-refractivity contribution in [1.82, 2.24) is 9.80 Å². The summed E-state index contributed by atoms with van der Waals surface area (Å²) in [5.41, 5.74) is 6.50. The standard InChI is InChI=1S/C14H21N3OS/c1-10-8-16-6-3-2-4-11(16)9-17(10)14(18)13-12(15)5-7-19-13/h5,7,10-11H,2-4,6,8-9,15H2,1H3. The number of piperidine rings is 1. The zero-order chi connectivity index (χ0) is 13.4. The highest BCUT2D eigenvalue weighted by atomic mass is 32.1. The molecule has 1 aromatic rings. The van der Waals surface area contributed by atoms with E-state index in [0.717, 1.165) is 13.1 Å². The molecular weight excluding hydrogens is 258 g/mol. The largest absolute Gasteiger partial charge is 0.397 e. The molecule has 3 rings (SSSR count). The minimum Gasteiger partial charge on any atom is -0.397 e. The molecule has 104 valence electrons. The second-order valence-corrected chi connectivity index (χ2v) is 6.57. The van der Waals surface area contributed by atoms with Crippen LogP contribution in [-0.4, -0.2) is 47.4 Å². The Hall–Kier alpha value is -1.07. The molecule has 0 aliphatic carbocycles. The van der Waals surface area contributed by atoms with Gasteiger partial charge in [0.2, 0.25) is 0 Å². The molecule has 0 bridgehead atoms. The van der Waals surface area contributed by atoms with Crippen molar-refractivity contribution in [3.05, 3.63) is 16.3 Å². The van der Waals surface area contributed by atoms with Gasteiger partial charge in [-0.15, -0.1) is 11.3 Å². The summed E-state index contributed by atoms with van der Waals surface area (Å²) in [6.45, 7) is 5.20. The topological polar surface area (TPSA) is 49.6 Å². The molecule has 2 aliphatic rings. The van der Waals surface area contributed by atoms with Gasteiger partial charge in [0.05, 0.1) is 5.69 Å². The molecule has 2 saturated heterocycles. The highest BCUT2D eigenvalue weighted by Gasteiger charge is 2.36. The van der Waals surface area contributed by atoms with Crippen molar-refractivity contribution in [3.63, 3.8) is 0 Å². The highest BCUT2D eigenvalue weighted by Crippen LogP contribution is 2.27. The van der Waals surface area contributed by atoms with Gasteiger partial charge in [0.1, 0.15) is 4.88 Å². The van der Waals surface area contributed by atoms with E-state index in [0.29, 0.717) is 16.6 Å². The maximum Gasteiger partial charge on any atom is 0.266 e. The van der Waals surface area contributed by atoms with Crippen molar-refractivity contribution in [2.75, 3.05) is 25.4 Å². The van der Waals surface area contributed by atoms with Gasteiger partial charge in [-0.2, -0.15) is 0 Å². The summed E-state index contributed by atoms with van der Waals surface area (Å²) in [6.07, 6.45) is 3.81. The van der Waals surface area contributed by atoms with Crippen LogP contribution in [0.25, 0.3) is 0 Å². The van der Waals surface area contributed by atoms with Gasteiger partial charge in [0, 0.05) is 25.2 Å². The zero-order valence-corrected chi connectivity index (χ0v) is 12.2. The third-order valence-corrected chi connectivity index (χ3v) is 5.26. The Morgan fingerprint density at radius 1 is 1.42 bits per heavy atom. The van der Waals surface area contributed by atoms with Crippen LogP contribution < -0.4 is 5.73 Å². The average Bonchev–Trinajstić information content (AvgIpc) is 2.83. The van der Waals surface area contributed by atoms with E-state index in [1.165, 1.54) is 37.1 Å². The summed E-state index contributed by atoms with van der Waals surface area (Å²) in [7, 11) is 0. The Morgan fingerprint density at radius 2 is 2.26 bits per heavy atom. The van der Waals surface area contributed by atoms with E-state index in [1.54, 1.807) is 0 Å². The second kappa shape index (κ2) is 5.13. The second-order valence-electron chi connectivity index (χ2n) is 5.66. The first-order valence-electron chi connectivity index (χ1n) is 7.05. The van der Waals surface area contributed by atoms with E-state index in [1.807, 2.05) is 16.3 Å². The SMILES string of the molecule is CC1CN2CCCCC2CN1C(=O)c1sccc1N. The molecule has 2 aliphatic heterocycles. The van der Waals surface area contributed by atoms with Crippen LogP contribution in [0.15, 0.2) is 11.4 Å². The zero-order valence-electron chi connectivity index (χ0n) is 11.3. The van der Waals surface area contributed by atoms with Gasteiger partial charge in [-0.3, -0.25) is 9.69 Å². The van der Waals surface area contributed by atoms with Gasteiger partial charge in [-0.1, -0.05) is 6.42 Å². The van der Waals surface area contributed by atoms with Crippen LogP contribution in [0.5, 0.6) is 0 Å². The van der Waals surface area contributed by atoms with Gasteiger partial charge in [0.15, 0.2) is 0 Å². The average molecular weight is 279 g/mol. The quantitative estimate of drug-likeness (QED) is 0.855. The monoisotopic (exact) mass is 279 g/mol. The van der Waals surface area contributed by atoms with Gasteiger partial charge in [0.25, 0.3) is 5.91 Å². The van der Waals surface area contributed by atoms with Gasteiger partial charge in [-0.25, -0.2) is 0 Å². The molecule has 0 aromatic carbocycles. The van der Waals surface area contributed by atoms with Crippen molar-refractivity contribution in [3.8, 4) is 0 Å². The molecule has 19 heavy (non-hydrogen) atoms. The number of hydrogen-bond donors (Lipinski definition) is 1. The molecular formula is C14H21N3OS. The molecule has 3 heterocycles. The maximum absolute atomic E-state index is 12.6. The lowest BCUT2D eigenvalue weighted by Crippen LogP contribution is -2.60. The number of thiophene rings is 1. The Morgan fingerprint density at radius 3 is 3.00 bits per heavy atom. The Bertz CT molecular complexity index is 473. The molecule has 0 saturated carbocycles. The predicted molar refractivity (Wildman–Crippen MR) is 78.4 cm³/mol. The van der Waals surface area contributed by atoms with Crippen LogP contribution in [0.3, 0.4) is 0 Å². The first-order valence-corrected chi connectivity index (χ1v) is 7.93. The number of rotatable bonds is 1. The molecule has 1 amide bonds. The first-order chi connectivity index (χ1) is 9.16. The maximum atomic E-state index is 12.6. The third-order valence-electron chi connectivity index (χ3n) is 4.34. The fraction of sp³-hybridized carbons (Fsp3) is 0.643. The Kier molecular flexibility index (Phi) is 3.50. The van der Waals surface area contributed by atoms with Crippen LogP contribution in [0.2, 0.25) is 0 Å². The lowest BCUT2D eigenvalue weighted by Gasteiger charge is -2.47. The lowest BCUT2D eigenvalue weighted by molar-refractivity contribution is 0.0155. The predicted octanol–water partition coefficient (Wildman–Crippen LogP) is 2.03. The van der Waals surface area contributed by atoms with Crippen molar-refractivity contribution in [2.45, 2.75) is 38.3 Å².